The van der Waals surface area contributed by atoms with Crippen molar-refractivity contribution in [1.29, 1.82) is 0 Å². The molecule has 0 unspecified atom stereocenters. The third-order valence-electron chi connectivity index (χ3n) is 4.70. The number of amides is 1. The van der Waals surface area contributed by atoms with Gasteiger partial charge in [0.2, 0.25) is 0 Å². The molecule has 1 amide bonds. The second kappa shape index (κ2) is 7.38. The summed E-state index contributed by atoms with van der Waals surface area (Å²) in [5.41, 5.74) is 2.31. The lowest BCUT2D eigenvalue weighted by atomic mass is 10.1. The van der Waals surface area contributed by atoms with Crippen molar-refractivity contribution in [1.82, 2.24) is 4.98 Å². The van der Waals surface area contributed by atoms with Crippen LogP contribution < -0.4 is 5.32 Å². The minimum Gasteiger partial charge on any atom is -0.449 e. The zero-order valence-electron chi connectivity index (χ0n) is 15.3. The lowest BCUT2D eigenvalue weighted by Gasteiger charge is -2.15. The molecule has 1 heterocycles. The van der Waals surface area contributed by atoms with Crippen LogP contribution in [0.5, 0.6) is 0 Å². The fourth-order valence-corrected chi connectivity index (χ4v) is 3.04. The van der Waals surface area contributed by atoms with E-state index in [4.69, 9.17) is 4.74 Å². The number of benzene rings is 2. The number of nitrogens with zero attached hydrogens (tertiary/aromatic N) is 1. The molecule has 1 saturated carbocycles. The van der Waals surface area contributed by atoms with Crippen LogP contribution in [0.4, 0.5) is 10.1 Å². The maximum Gasteiger partial charge on any atom is 0.339 e. The Morgan fingerprint density at radius 3 is 2.68 bits per heavy atom. The maximum atomic E-state index is 13.3. The molecule has 0 radical (unpaired) electrons. The highest BCUT2D eigenvalue weighted by molar-refractivity contribution is 6.05. The Hall–Kier alpha value is -3.28. The number of para-hydroxylation sites is 1. The molecule has 0 bridgehead atoms. The molecule has 1 aromatic heterocycles. The van der Waals surface area contributed by atoms with E-state index in [0.29, 0.717) is 22.6 Å². The Morgan fingerprint density at radius 1 is 1.14 bits per heavy atom. The van der Waals surface area contributed by atoms with Gasteiger partial charge < -0.3 is 10.1 Å². The van der Waals surface area contributed by atoms with Gasteiger partial charge in [-0.15, -0.1) is 0 Å². The number of halogens is 1. The summed E-state index contributed by atoms with van der Waals surface area (Å²) in [6.07, 6.45) is 1.09. The molecule has 4 rings (SSSR count). The quantitative estimate of drug-likeness (QED) is 0.667. The minimum atomic E-state index is -1.04. The zero-order valence-corrected chi connectivity index (χ0v) is 15.3. The molecule has 6 heteroatoms. The molecule has 1 N–H and O–H groups in total. The summed E-state index contributed by atoms with van der Waals surface area (Å²) in [4.78, 5) is 29.7. The number of carbonyl (C=O) groups is 2. The second-order valence-electron chi connectivity index (χ2n) is 6.93. The van der Waals surface area contributed by atoms with Gasteiger partial charge >= 0.3 is 5.97 Å². The lowest BCUT2D eigenvalue weighted by Crippen LogP contribution is -2.30. The highest BCUT2D eigenvalue weighted by Crippen LogP contribution is 2.40. The van der Waals surface area contributed by atoms with Crippen LogP contribution in [-0.2, 0) is 9.53 Å². The first kappa shape index (κ1) is 18.1. The van der Waals surface area contributed by atoms with E-state index in [1.165, 1.54) is 25.1 Å². The highest BCUT2D eigenvalue weighted by atomic mass is 19.1. The Morgan fingerprint density at radius 2 is 1.93 bits per heavy atom. The summed E-state index contributed by atoms with van der Waals surface area (Å²) in [6.45, 7) is 1.48. The van der Waals surface area contributed by atoms with Crippen molar-refractivity contribution in [2.75, 3.05) is 5.32 Å². The molecule has 1 aliphatic carbocycles. The van der Waals surface area contributed by atoms with Crippen molar-refractivity contribution in [3.8, 4) is 0 Å². The Labute approximate surface area is 161 Å². The van der Waals surface area contributed by atoms with E-state index in [-0.39, 0.29) is 0 Å². The van der Waals surface area contributed by atoms with Gasteiger partial charge in [-0.25, -0.2) is 9.18 Å². The van der Waals surface area contributed by atoms with Crippen molar-refractivity contribution >= 4 is 28.5 Å². The molecule has 142 valence electrons. The number of pyridine rings is 1. The van der Waals surface area contributed by atoms with Gasteiger partial charge in [0, 0.05) is 22.7 Å². The summed E-state index contributed by atoms with van der Waals surface area (Å²) in [5.74, 6) is -1.19. The summed E-state index contributed by atoms with van der Waals surface area (Å²) in [5, 5.41) is 3.24. The van der Waals surface area contributed by atoms with Gasteiger partial charge in [-0.2, -0.15) is 0 Å². The summed E-state index contributed by atoms with van der Waals surface area (Å²) in [7, 11) is 0. The monoisotopic (exact) mass is 378 g/mol. The number of carbonyl (C=O) groups excluding carboxylic acids is 2. The van der Waals surface area contributed by atoms with Crippen LogP contribution >= 0.6 is 0 Å². The molecule has 0 aliphatic heterocycles. The molecule has 5 nitrogen and oxygen atoms in total. The number of hydrogen-bond donors (Lipinski definition) is 1. The average molecular weight is 378 g/mol. The van der Waals surface area contributed by atoms with Crippen molar-refractivity contribution in [3.05, 3.63) is 71.7 Å². The van der Waals surface area contributed by atoms with Gasteiger partial charge in [0.25, 0.3) is 5.91 Å². The van der Waals surface area contributed by atoms with Crippen LogP contribution in [0, 0.1) is 5.82 Å². The number of esters is 1. The van der Waals surface area contributed by atoms with Gasteiger partial charge in [-0.1, -0.05) is 24.3 Å². The van der Waals surface area contributed by atoms with Gasteiger partial charge in [0.15, 0.2) is 6.10 Å². The Balaban J connectivity index is 1.53. The average Bonchev–Trinajstić information content (AvgIpc) is 3.52. The van der Waals surface area contributed by atoms with E-state index >= 15 is 0 Å². The largest absolute Gasteiger partial charge is 0.449 e. The molecule has 3 aromatic rings. The first-order valence-corrected chi connectivity index (χ1v) is 9.18. The van der Waals surface area contributed by atoms with Crippen LogP contribution in [0.1, 0.15) is 41.7 Å². The van der Waals surface area contributed by atoms with Gasteiger partial charge in [0.05, 0.1) is 11.1 Å². The molecule has 1 atom stereocenters. The third-order valence-corrected chi connectivity index (χ3v) is 4.70. The van der Waals surface area contributed by atoms with Crippen molar-refractivity contribution in [3.63, 3.8) is 0 Å². The minimum absolute atomic E-state index is 0.304. The van der Waals surface area contributed by atoms with Crippen LogP contribution in [0.25, 0.3) is 10.9 Å². The maximum absolute atomic E-state index is 13.3. The number of nitrogens with one attached hydrogen (secondary N) is 1. The molecule has 0 saturated heterocycles. The molecule has 28 heavy (non-hydrogen) atoms. The fourth-order valence-electron chi connectivity index (χ4n) is 3.04. The van der Waals surface area contributed by atoms with Crippen molar-refractivity contribution < 1.29 is 18.7 Å². The van der Waals surface area contributed by atoms with Gasteiger partial charge in [-0.3, -0.25) is 9.78 Å². The number of ether oxygens (including phenoxy) is 1. The van der Waals surface area contributed by atoms with E-state index in [0.717, 1.165) is 24.1 Å². The number of aromatic nitrogens is 1. The normalized spacial score (nSPS) is 14.5. The first-order valence-electron chi connectivity index (χ1n) is 9.18. The standard InChI is InChI=1S/C22H19FN2O3/c1-13(21(26)24-16-6-4-5-15(23)11-16)28-22(27)18-12-20(14-9-10-14)25-19-8-3-2-7-17(18)19/h2-8,11-14H,9-10H2,1H3,(H,24,26)/t13-/m1/s1. The lowest BCUT2D eigenvalue weighted by molar-refractivity contribution is -0.123. The van der Waals surface area contributed by atoms with E-state index in [1.54, 1.807) is 12.1 Å². The Kier molecular flexibility index (Phi) is 4.77. The van der Waals surface area contributed by atoms with E-state index in [9.17, 15) is 14.0 Å². The van der Waals surface area contributed by atoms with E-state index in [2.05, 4.69) is 10.3 Å². The topological polar surface area (TPSA) is 68.3 Å². The fraction of sp³-hybridized carbons (Fsp3) is 0.227. The molecule has 1 fully saturated rings. The van der Waals surface area contributed by atoms with E-state index < -0.39 is 23.8 Å². The summed E-state index contributed by atoms with van der Waals surface area (Å²) >= 11 is 0. The van der Waals surface area contributed by atoms with Crippen LogP contribution in [0.3, 0.4) is 0 Å². The zero-order chi connectivity index (χ0) is 19.7. The number of anilines is 1. The van der Waals surface area contributed by atoms with Crippen LogP contribution in [-0.4, -0.2) is 23.0 Å². The van der Waals surface area contributed by atoms with Gasteiger partial charge in [-0.05, 0) is 50.1 Å². The number of hydrogen-bond acceptors (Lipinski definition) is 4. The molecular formula is C22H19FN2O3. The Bertz CT molecular complexity index is 1060. The van der Waals surface area contributed by atoms with Crippen molar-refractivity contribution in [2.45, 2.75) is 31.8 Å². The molecule has 2 aromatic carbocycles. The predicted molar refractivity (Wildman–Crippen MR) is 104 cm³/mol. The predicted octanol–water partition coefficient (Wildman–Crippen LogP) is 4.44. The number of fused-ring (bicyclic) bond motifs is 1. The van der Waals surface area contributed by atoms with Gasteiger partial charge in [0.1, 0.15) is 5.82 Å². The molecular weight excluding hydrogens is 359 g/mol. The number of rotatable bonds is 5. The smallest absolute Gasteiger partial charge is 0.339 e. The first-order chi connectivity index (χ1) is 13.5. The summed E-state index contributed by atoms with van der Waals surface area (Å²) in [6, 6.07) is 14.7. The highest BCUT2D eigenvalue weighted by Gasteiger charge is 2.28. The van der Waals surface area contributed by atoms with Crippen LogP contribution in [0.2, 0.25) is 0 Å². The second-order valence-corrected chi connectivity index (χ2v) is 6.93. The summed E-state index contributed by atoms with van der Waals surface area (Å²) < 4.78 is 18.7. The van der Waals surface area contributed by atoms with Crippen molar-refractivity contribution in [2.24, 2.45) is 0 Å². The van der Waals surface area contributed by atoms with Crippen LogP contribution in [0.15, 0.2) is 54.6 Å². The van der Waals surface area contributed by atoms with E-state index in [1.807, 2.05) is 24.3 Å². The molecule has 1 aliphatic rings. The SMILES string of the molecule is C[C@@H](OC(=O)c1cc(C2CC2)nc2ccccc12)C(=O)Nc1cccc(F)c1. The third kappa shape index (κ3) is 3.86. The molecule has 0 spiro atoms.